The summed E-state index contributed by atoms with van der Waals surface area (Å²) in [6.45, 7) is 9.45. The van der Waals surface area contributed by atoms with E-state index in [-0.39, 0.29) is 6.09 Å². The Kier molecular flexibility index (Phi) is 6.36. The molecule has 0 spiro atoms. The quantitative estimate of drug-likeness (QED) is 0.592. The molecule has 0 radical (unpaired) electrons. The highest BCUT2D eigenvalue weighted by Crippen LogP contribution is 2.35. The second-order valence-electron chi connectivity index (χ2n) is 10.5. The maximum absolute atomic E-state index is 12.4. The highest BCUT2D eigenvalue weighted by Gasteiger charge is 2.35. The van der Waals surface area contributed by atoms with Crippen molar-refractivity contribution in [2.75, 3.05) is 19.6 Å². The van der Waals surface area contributed by atoms with Gasteiger partial charge in [0.15, 0.2) is 0 Å². The largest absolute Gasteiger partial charge is 0.490 e. The van der Waals surface area contributed by atoms with Crippen molar-refractivity contribution in [1.29, 1.82) is 0 Å². The predicted molar refractivity (Wildman–Crippen MR) is 131 cm³/mol. The lowest BCUT2D eigenvalue weighted by Gasteiger charge is -2.44. The van der Waals surface area contributed by atoms with Crippen LogP contribution in [0.3, 0.4) is 0 Å². The number of amides is 1. The molecule has 1 amide bonds. The van der Waals surface area contributed by atoms with Crippen LogP contribution in [0.4, 0.5) is 4.79 Å². The van der Waals surface area contributed by atoms with E-state index in [4.69, 9.17) is 14.5 Å². The summed E-state index contributed by atoms with van der Waals surface area (Å²) in [7, 11) is 0. The van der Waals surface area contributed by atoms with Crippen molar-refractivity contribution in [3.8, 4) is 16.3 Å². The fourth-order valence-electron chi connectivity index (χ4n) is 4.89. The van der Waals surface area contributed by atoms with Crippen molar-refractivity contribution < 1.29 is 14.3 Å². The van der Waals surface area contributed by atoms with Crippen molar-refractivity contribution in [3.63, 3.8) is 0 Å². The molecule has 6 nitrogen and oxygen atoms in total. The van der Waals surface area contributed by atoms with Crippen LogP contribution in [-0.4, -0.2) is 58.3 Å². The van der Waals surface area contributed by atoms with Gasteiger partial charge in [0.05, 0.1) is 12.2 Å². The molecule has 0 atom stereocenters. The number of fused-ring (bicyclic) bond motifs is 1. The summed E-state index contributed by atoms with van der Waals surface area (Å²) in [4.78, 5) is 22.9. The van der Waals surface area contributed by atoms with E-state index in [0.717, 1.165) is 52.2 Å². The van der Waals surface area contributed by atoms with Crippen molar-refractivity contribution >= 4 is 17.4 Å². The van der Waals surface area contributed by atoms with Crippen LogP contribution in [0.15, 0.2) is 24.3 Å². The van der Waals surface area contributed by atoms with E-state index in [1.165, 1.54) is 32.4 Å². The first-order valence-corrected chi connectivity index (χ1v) is 13.1. The Hall–Kier alpha value is -2.12. The summed E-state index contributed by atoms with van der Waals surface area (Å²) in [5, 5.41) is 1.01. The van der Waals surface area contributed by atoms with E-state index in [0.29, 0.717) is 19.2 Å². The zero-order valence-corrected chi connectivity index (χ0v) is 20.8. The summed E-state index contributed by atoms with van der Waals surface area (Å²) in [5.74, 6) is 0.943. The molecule has 2 aliphatic heterocycles. The van der Waals surface area contributed by atoms with Crippen LogP contribution in [0.5, 0.6) is 5.75 Å². The lowest BCUT2D eigenvalue weighted by molar-refractivity contribution is 0.00892. The Morgan fingerprint density at radius 1 is 1.06 bits per heavy atom. The fourth-order valence-corrected chi connectivity index (χ4v) is 6.01. The van der Waals surface area contributed by atoms with Gasteiger partial charge >= 0.3 is 6.09 Å². The molecule has 1 aliphatic carbocycles. The monoisotopic (exact) mass is 469 g/mol. The van der Waals surface area contributed by atoms with Gasteiger partial charge in [0.1, 0.15) is 22.5 Å². The number of aromatic nitrogens is 1. The van der Waals surface area contributed by atoms with Crippen LogP contribution in [0.1, 0.15) is 63.4 Å². The van der Waals surface area contributed by atoms with Crippen molar-refractivity contribution in [3.05, 3.63) is 34.8 Å². The molecule has 33 heavy (non-hydrogen) atoms. The van der Waals surface area contributed by atoms with Gasteiger partial charge in [-0.15, -0.1) is 11.3 Å². The molecule has 1 aromatic carbocycles. The molecule has 178 valence electrons. The topological polar surface area (TPSA) is 54.9 Å². The Morgan fingerprint density at radius 2 is 1.79 bits per heavy atom. The maximum atomic E-state index is 12.4. The second-order valence-corrected chi connectivity index (χ2v) is 11.6. The average molecular weight is 470 g/mol. The standard InChI is InChI=1S/C26H35N3O3S/c1-26(2,3)32-25(30)29-14-11-22-23(17-29)33-24(27-22)18-7-9-20(10-8-18)31-21-15-19(16-21)28-12-5-4-6-13-28/h7-10,19,21H,4-6,11-17H2,1-3H3. The first-order chi connectivity index (χ1) is 15.8. The van der Waals surface area contributed by atoms with Crippen molar-refractivity contribution in [1.82, 2.24) is 14.8 Å². The third-order valence-corrected chi connectivity index (χ3v) is 7.90. The minimum Gasteiger partial charge on any atom is -0.490 e. The van der Waals surface area contributed by atoms with Gasteiger partial charge in [-0.05, 0) is 71.0 Å². The van der Waals surface area contributed by atoms with Gasteiger partial charge in [0, 0.05) is 42.3 Å². The summed E-state index contributed by atoms with van der Waals surface area (Å²) < 4.78 is 11.8. The number of nitrogens with zero attached hydrogens (tertiary/aromatic N) is 3. The lowest BCUT2D eigenvalue weighted by Crippen LogP contribution is -2.50. The van der Waals surface area contributed by atoms with Gasteiger partial charge in [0.25, 0.3) is 0 Å². The molecule has 2 fully saturated rings. The number of hydrogen-bond acceptors (Lipinski definition) is 6. The molecule has 0 N–H and O–H groups in total. The molecule has 0 bridgehead atoms. The SMILES string of the molecule is CC(C)(C)OC(=O)N1CCc2nc(-c3ccc(OC4CC(N5CCCCC5)C4)cc3)sc2C1. The van der Waals surface area contributed by atoms with Gasteiger partial charge in [-0.25, -0.2) is 9.78 Å². The predicted octanol–water partition coefficient (Wildman–Crippen LogP) is 5.50. The van der Waals surface area contributed by atoms with E-state index >= 15 is 0 Å². The second kappa shape index (κ2) is 9.26. The van der Waals surface area contributed by atoms with Crippen LogP contribution >= 0.6 is 11.3 Å². The number of thiazole rings is 1. The highest BCUT2D eigenvalue weighted by molar-refractivity contribution is 7.15. The fraction of sp³-hybridized carbons (Fsp3) is 0.615. The first-order valence-electron chi connectivity index (χ1n) is 12.3. The molecule has 1 saturated heterocycles. The maximum Gasteiger partial charge on any atom is 0.410 e. The number of carbonyl (C=O) groups excluding carboxylic acids is 1. The molecule has 3 heterocycles. The molecule has 3 aliphatic rings. The average Bonchev–Trinajstić information content (AvgIpc) is 3.19. The van der Waals surface area contributed by atoms with Crippen molar-refractivity contribution in [2.45, 2.75) is 83.6 Å². The number of rotatable bonds is 4. The van der Waals surface area contributed by atoms with E-state index in [2.05, 4.69) is 29.2 Å². The van der Waals surface area contributed by atoms with Gasteiger partial charge in [0.2, 0.25) is 0 Å². The zero-order valence-electron chi connectivity index (χ0n) is 20.0. The summed E-state index contributed by atoms with van der Waals surface area (Å²) in [6.07, 6.45) is 7.25. The minimum absolute atomic E-state index is 0.247. The summed E-state index contributed by atoms with van der Waals surface area (Å²) in [5.41, 5.74) is 1.73. The van der Waals surface area contributed by atoms with Gasteiger partial charge in [-0.3, -0.25) is 0 Å². The summed E-state index contributed by atoms with van der Waals surface area (Å²) in [6, 6.07) is 9.06. The molecule has 1 aromatic heterocycles. The number of likely N-dealkylation sites (tertiary alicyclic amines) is 1. The number of hydrogen-bond donors (Lipinski definition) is 0. The molecular weight excluding hydrogens is 434 g/mol. The number of piperidine rings is 1. The van der Waals surface area contributed by atoms with Crippen LogP contribution in [0.25, 0.3) is 10.6 Å². The molecule has 0 unspecified atom stereocenters. The minimum atomic E-state index is -0.478. The van der Waals surface area contributed by atoms with E-state index in [1.807, 2.05) is 20.8 Å². The van der Waals surface area contributed by atoms with E-state index in [1.54, 1.807) is 16.2 Å². The molecule has 7 heteroatoms. The third kappa shape index (κ3) is 5.35. The first kappa shape index (κ1) is 22.7. The lowest BCUT2D eigenvalue weighted by atomic mass is 9.86. The molecule has 1 saturated carbocycles. The Balaban J connectivity index is 1.16. The van der Waals surface area contributed by atoms with Crippen LogP contribution < -0.4 is 4.74 Å². The van der Waals surface area contributed by atoms with Gasteiger partial charge in [-0.1, -0.05) is 6.42 Å². The van der Waals surface area contributed by atoms with E-state index < -0.39 is 5.60 Å². The van der Waals surface area contributed by atoms with E-state index in [9.17, 15) is 4.79 Å². The Morgan fingerprint density at radius 3 is 2.48 bits per heavy atom. The van der Waals surface area contributed by atoms with Crippen LogP contribution in [-0.2, 0) is 17.7 Å². The normalized spacial score (nSPS) is 23.5. The Bertz CT molecular complexity index is 970. The summed E-state index contributed by atoms with van der Waals surface area (Å²) >= 11 is 1.67. The van der Waals surface area contributed by atoms with Gasteiger partial charge in [-0.2, -0.15) is 0 Å². The number of benzene rings is 1. The molecule has 5 rings (SSSR count). The smallest absolute Gasteiger partial charge is 0.410 e. The number of carbonyl (C=O) groups is 1. The highest BCUT2D eigenvalue weighted by atomic mass is 32.1. The van der Waals surface area contributed by atoms with Crippen molar-refractivity contribution in [2.24, 2.45) is 0 Å². The Labute approximate surface area is 200 Å². The number of ether oxygens (including phenoxy) is 2. The van der Waals surface area contributed by atoms with Crippen LogP contribution in [0, 0.1) is 0 Å². The van der Waals surface area contributed by atoms with Gasteiger partial charge < -0.3 is 19.3 Å². The molecule has 2 aromatic rings. The van der Waals surface area contributed by atoms with Crippen LogP contribution in [0.2, 0.25) is 0 Å². The third-order valence-electron chi connectivity index (χ3n) is 6.76. The zero-order chi connectivity index (χ0) is 23.0. The molecular formula is C26H35N3O3S.